The van der Waals surface area contributed by atoms with Gasteiger partial charge in [0.05, 0.1) is 30.8 Å². The average molecular weight is 743 g/mol. The fourth-order valence-corrected chi connectivity index (χ4v) is 6.85. The van der Waals surface area contributed by atoms with Gasteiger partial charge >= 0.3 is 6.09 Å². The summed E-state index contributed by atoms with van der Waals surface area (Å²) in [6.07, 6.45) is 8.94. The first-order chi connectivity index (χ1) is 25.3. The van der Waals surface area contributed by atoms with E-state index < -0.39 is 77.7 Å². The Morgan fingerprint density at radius 1 is 0.887 bits per heavy atom. The van der Waals surface area contributed by atoms with E-state index in [0.29, 0.717) is 12.8 Å². The number of nitrogens with zero attached hydrogens (tertiary/aromatic N) is 3. The molecule has 3 fully saturated rings. The number of amides is 6. The highest BCUT2D eigenvalue weighted by molar-refractivity contribution is 5.97. The highest BCUT2D eigenvalue weighted by atomic mass is 16.6. The lowest BCUT2D eigenvalue weighted by Gasteiger charge is -2.32. The highest BCUT2D eigenvalue weighted by Gasteiger charge is 2.44. The van der Waals surface area contributed by atoms with Gasteiger partial charge in [0.25, 0.3) is 11.8 Å². The molecule has 16 nitrogen and oxygen atoms in total. The largest absolute Gasteiger partial charge is 0.449 e. The van der Waals surface area contributed by atoms with Crippen molar-refractivity contribution in [3.8, 4) is 0 Å². The molecule has 1 aliphatic heterocycles. The Kier molecular flexibility index (Phi) is 15.4. The molecule has 53 heavy (non-hydrogen) atoms. The molecule has 16 heteroatoms. The summed E-state index contributed by atoms with van der Waals surface area (Å²) >= 11 is 0. The summed E-state index contributed by atoms with van der Waals surface area (Å²) in [7, 11) is 0. The van der Waals surface area contributed by atoms with Gasteiger partial charge in [0.15, 0.2) is 6.10 Å². The summed E-state index contributed by atoms with van der Waals surface area (Å²) in [4.78, 5) is 90.1. The van der Waals surface area contributed by atoms with Crippen LogP contribution in [0.1, 0.15) is 103 Å². The monoisotopic (exact) mass is 742 g/mol. The number of hydrogen-bond acceptors (Lipinski definition) is 10. The second kappa shape index (κ2) is 19.7. The van der Waals surface area contributed by atoms with Gasteiger partial charge in [0.1, 0.15) is 17.8 Å². The fraction of sp³-hybridized carbons (Fsp3) is 0.730. The molecule has 3 aliphatic rings. The average Bonchev–Trinajstić information content (AvgIpc) is 3.86. The van der Waals surface area contributed by atoms with Crippen LogP contribution in [0.2, 0.25) is 0 Å². The van der Waals surface area contributed by atoms with Crippen molar-refractivity contribution in [2.24, 2.45) is 23.7 Å². The molecule has 294 valence electrons. The molecule has 0 bridgehead atoms. The van der Waals surface area contributed by atoms with Gasteiger partial charge < -0.3 is 41.3 Å². The van der Waals surface area contributed by atoms with Crippen molar-refractivity contribution in [3.05, 3.63) is 24.3 Å². The Bertz CT molecular complexity index is 1420. The summed E-state index contributed by atoms with van der Waals surface area (Å²) in [5.74, 6) is -4.14. The first-order valence-corrected chi connectivity index (χ1v) is 19.2. The molecule has 0 spiro atoms. The molecule has 0 aromatic carbocycles. The summed E-state index contributed by atoms with van der Waals surface area (Å²) in [6.45, 7) is 9.27. The van der Waals surface area contributed by atoms with Gasteiger partial charge in [0.2, 0.25) is 17.7 Å². The van der Waals surface area contributed by atoms with E-state index >= 15 is 0 Å². The molecule has 0 radical (unpaired) electrons. The number of nitrogens with one attached hydrogen (secondary N) is 5. The maximum atomic E-state index is 14.0. The lowest BCUT2D eigenvalue weighted by molar-refractivity contribution is -0.134. The van der Waals surface area contributed by atoms with Gasteiger partial charge in [-0.05, 0) is 49.9 Å². The van der Waals surface area contributed by atoms with Gasteiger partial charge in [-0.15, -0.1) is 0 Å². The quantitative estimate of drug-likeness (QED) is 0.135. The zero-order chi connectivity index (χ0) is 38.7. The van der Waals surface area contributed by atoms with Crippen molar-refractivity contribution >= 4 is 35.6 Å². The third kappa shape index (κ3) is 12.1. The minimum Gasteiger partial charge on any atom is -0.449 e. The molecule has 6 N–H and O–H groups in total. The van der Waals surface area contributed by atoms with Crippen molar-refractivity contribution in [2.45, 2.75) is 129 Å². The van der Waals surface area contributed by atoms with Crippen LogP contribution >= 0.6 is 0 Å². The van der Waals surface area contributed by atoms with Crippen LogP contribution in [-0.2, 0) is 23.9 Å². The Balaban J connectivity index is 1.50. The van der Waals surface area contributed by atoms with Crippen LogP contribution in [0.15, 0.2) is 18.6 Å². The molecule has 1 aromatic heterocycles. The number of ether oxygens (including phenoxy) is 1. The first-order valence-electron chi connectivity index (χ1n) is 19.2. The summed E-state index contributed by atoms with van der Waals surface area (Å²) in [5, 5.41) is 25.1. The first kappa shape index (κ1) is 41.4. The number of carbonyl (C=O) groups excluding carboxylic acids is 6. The van der Waals surface area contributed by atoms with Gasteiger partial charge in [-0.3, -0.25) is 29.0 Å². The SMILES string of the molecule is CCC[C@H](NC(=O)[C@@H]1CN(C(=O)OCC(C)C)C[C@@H]1NC(=O)[C@@H](NC(=O)[C@@H](NC(=O)c1cnccn1)C1CCCCC1)C(C)C)C(O)C(=O)NC1CC1. The van der Waals surface area contributed by atoms with E-state index in [1.807, 2.05) is 20.8 Å². The molecular weight excluding hydrogens is 684 g/mol. The number of aliphatic hydroxyl groups is 1. The van der Waals surface area contributed by atoms with E-state index in [0.717, 1.165) is 44.9 Å². The van der Waals surface area contributed by atoms with E-state index in [-0.39, 0.29) is 43.3 Å². The number of likely N-dealkylation sites (tertiary alicyclic amines) is 1. The summed E-state index contributed by atoms with van der Waals surface area (Å²) in [5.41, 5.74) is 0.0681. The van der Waals surface area contributed by atoms with Crippen LogP contribution in [-0.4, -0.2) is 112 Å². The lowest BCUT2D eigenvalue weighted by atomic mass is 9.83. The predicted octanol–water partition coefficient (Wildman–Crippen LogP) is 1.43. The van der Waals surface area contributed by atoms with Crippen LogP contribution in [0.25, 0.3) is 0 Å². The van der Waals surface area contributed by atoms with Gasteiger partial charge in [0, 0.05) is 31.5 Å². The molecule has 6 atom stereocenters. The molecular formula is C37H58N8O8. The highest BCUT2D eigenvalue weighted by Crippen LogP contribution is 2.27. The fourth-order valence-electron chi connectivity index (χ4n) is 6.85. The molecule has 1 unspecified atom stereocenters. The van der Waals surface area contributed by atoms with Gasteiger partial charge in [-0.25, -0.2) is 9.78 Å². The topological polar surface area (TPSA) is 221 Å². The number of hydrogen-bond donors (Lipinski definition) is 6. The Morgan fingerprint density at radius 3 is 2.21 bits per heavy atom. The zero-order valence-electron chi connectivity index (χ0n) is 31.6. The van der Waals surface area contributed by atoms with Crippen molar-refractivity contribution in [1.29, 1.82) is 0 Å². The second-order valence-electron chi connectivity index (χ2n) is 15.4. The van der Waals surface area contributed by atoms with Crippen molar-refractivity contribution in [3.63, 3.8) is 0 Å². The van der Waals surface area contributed by atoms with E-state index in [9.17, 15) is 33.9 Å². The van der Waals surface area contributed by atoms with Crippen molar-refractivity contribution in [1.82, 2.24) is 41.5 Å². The Morgan fingerprint density at radius 2 is 1.60 bits per heavy atom. The molecule has 2 aliphatic carbocycles. The molecule has 1 saturated heterocycles. The molecule has 1 aromatic rings. The van der Waals surface area contributed by atoms with Crippen LogP contribution in [0.5, 0.6) is 0 Å². The third-order valence-corrected chi connectivity index (χ3v) is 10.0. The van der Waals surface area contributed by atoms with Crippen molar-refractivity contribution < 1.29 is 38.6 Å². The maximum Gasteiger partial charge on any atom is 0.409 e. The van der Waals surface area contributed by atoms with Gasteiger partial charge in [-0.2, -0.15) is 0 Å². The normalized spacial score (nSPS) is 21.2. The Labute approximate surface area is 311 Å². The number of carbonyl (C=O) groups is 6. The molecule has 4 rings (SSSR count). The number of aromatic nitrogens is 2. The molecule has 2 saturated carbocycles. The number of rotatable bonds is 17. The van der Waals surface area contributed by atoms with E-state index in [1.165, 1.54) is 23.5 Å². The minimum absolute atomic E-state index is 0.0248. The zero-order valence-corrected chi connectivity index (χ0v) is 31.6. The van der Waals surface area contributed by atoms with Crippen molar-refractivity contribution in [2.75, 3.05) is 19.7 Å². The minimum atomic E-state index is -1.48. The van der Waals surface area contributed by atoms with Crippen LogP contribution in [0, 0.1) is 23.7 Å². The predicted molar refractivity (Wildman–Crippen MR) is 194 cm³/mol. The summed E-state index contributed by atoms with van der Waals surface area (Å²) in [6, 6.07) is -3.71. The maximum absolute atomic E-state index is 14.0. The number of aliphatic hydroxyl groups excluding tert-OH is 1. The lowest BCUT2D eigenvalue weighted by Crippen LogP contribution is -2.60. The second-order valence-corrected chi connectivity index (χ2v) is 15.4. The standard InChI is InChI=1S/C37H58N8O8/c1-6-10-26(31(46)36(51)40-24-13-14-24)41-32(47)25-18-45(37(52)53-20-21(2)3)19-28(25)42-34(49)29(22(4)5)43-35(50)30(23-11-8-7-9-12-23)44-33(48)27-17-38-15-16-39-27/h15-17,21-26,28-31,46H,6-14,18-20H2,1-5H3,(H,40,51)(H,41,47)(H,42,49)(H,43,50)(H,44,48)/t25-,26+,28+,29+,30+,31?/m1/s1. The van der Waals surface area contributed by atoms with Crippen LogP contribution in [0.3, 0.4) is 0 Å². The van der Waals surface area contributed by atoms with Crippen LogP contribution < -0.4 is 26.6 Å². The van der Waals surface area contributed by atoms with Crippen LogP contribution in [0.4, 0.5) is 4.79 Å². The smallest absolute Gasteiger partial charge is 0.409 e. The molecule has 2 heterocycles. The third-order valence-electron chi connectivity index (χ3n) is 10.0. The molecule has 6 amide bonds. The van der Waals surface area contributed by atoms with E-state index in [4.69, 9.17) is 4.74 Å². The summed E-state index contributed by atoms with van der Waals surface area (Å²) < 4.78 is 5.44. The van der Waals surface area contributed by atoms with Gasteiger partial charge in [-0.1, -0.05) is 60.3 Å². The Hall–Kier alpha value is -4.34. The van der Waals surface area contributed by atoms with E-state index in [2.05, 4.69) is 36.6 Å². The van der Waals surface area contributed by atoms with E-state index in [1.54, 1.807) is 13.8 Å².